The van der Waals surface area contributed by atoms with E-state index in [2.05, 4.69) is 4.72 Å². The van der Waals surface area contributed by atoms with Crippen molar-refractivity contribution in [3.63, 3.8) is 0 Å². The largest absolute Gasteiger partial charge is 0.381 e. The molecule has 6 heteroatoms. The first-order chi connectivity index (χ1) is 5.62. The molecule has 70 valence electrons. The number of hydrogen-bond acceptors (Lipinski definition) is 4. The van der Waals surface area contributed by atoms with Crippen molar-refractivity contribution in [2.75, 3.05) is 25.5 Å². The molecule has 5 nitrogen and oxygen atoms in total. The Morgan fingerprint density at radius 1 is 1.58 bits per heavy atom. The van der Waals surface area contributed by atoms with Gasteiger partial charge in [-0.15, -0.1) is 0 Å². The molecule has 0 aliphatic rings. The normalized spacial score (nSPS) is 11.0. The Hall–Kier alpha value is -0.640. The second-order valence-corrected chi connectivity index (χ2v) is 3.92. The maximum absolute atomic E-state index is 10.9. The van der Waals surface area contributed by atoms with E-state index in [4.69, 9.17) is 10.00 Å². The van der Waals surface area contributed by atoms with Gasteiger partial charge in [0.2, 0.25) is 10.0 Å². The van der Waals surface area contributed by atoms with E-state index in [-0.39, 0.29) is 18.9 Å². The quantitative estimate of drug-likeness (QED) is 0.453. The molecule has 0 fully saturated rings. The van der Waals surface area contributed by atoms with E-state index in [0.717, 1.165) is 0 Å². The molecular weight excluding hydrogens is 180 g/mol. The van der Waals surface area contributed by atoms with Gasteiger partial charge in [-0.25, -0.2) is 13.1 Å². The molecule has 0 unspecified atom stereocenters. The summed E-state index contributed by atoms with van der Waals surface area (Å²) in [5.74, 6) is -0.0947. The minimum absolute atomic E-state index is 0.0947. The third kappa shape index (κ3) is 6.09. The summed E-state index contributed by atoms with van der Waals surface area (Å²) in [4.78, 5) is 0. The second-order valence-electron chi connectivity index (χ2n) is 2.00. The minimum atomic E-state index is -3.31. The van der Waals surface area contributed by atoms with Gasteiger partial charge in [0.05, 0.1) is 25.0 Å². The lowest BCUT2D eigenvalue weighted by Crippen LogP contribution is -2.28. The van der Waals surface area contributed by atoms with Crippen molar-refractivity contribution in [1.29, 1.82) is 5.26 Å². The van der Waals surface area contributed by atoms with Crippen LogP contribution in [0.5, 0.6) is 0 Å². The first-order valence-corrected chi connectivity index (χ1v) is 5.19. The van der Waals surface area contributed by atoms with E-state index in [1.165, 1.54) is 0 Å². The molecule has 0 spiro atoms. The van der Waals surface area contributed by atoms with Crippen molar-refractivity contribution >= 4 is 10.0 Å². The first-order valence-electron chi connectivity index (χ1n) is 3.54. The summed E-state index contributed by atoms with van der Waals surface area (Å²) in [6.07, 6.45) is 0. The zero-order chi connectivity index (χ0) is 9.45. The number of nitriles is 1. The monoisotopic (exact) mass is 192 g/mol. The average molecular weight is 192 g/mol. The Labute approximate surface area is 72.4 Å². The van der Waals surface area contributed by atoms with Crippen LogP contribution in [0.15, 0.2) is 0 Å². The predicted octanol–water partition coefficient (Wildman–Crippen LogP) is -0.534. The highest BCUT2D eigenvalue weighted by molar-refractivity contribution is 7.89. The maximum Gasteiger partial charge on any atom is 0.214 e. The third-order valence-corrected chi connectivity index (χ3v) is 2.36. The van der Waals surface area contributed by atoms with Crippen LogP contribution in [-0.4, -0.2) is 33.9 Å². The molecule has 1 N–H and O–H groups in total. The van der Waals surface area contributed by atoms with Crippen molar-refractivity contribution < 1.29 is 13.2 Å². The van der Waals surface area contributed by atoms with Crippen LogP contribution in [0.3, 0.4) is 0 Å². The fraction of sp³-hybridized carbons (Fsp3) is 0.833. The number of ether oxygens (including phenoxy) is 1. The van der Waals surface area contributed by atoms with Gasteiger partial charge in [0, 0.05) is 6.61 Å². The van der Waals surface area contributed by atoms with Crippen molar-refractivity contribution in [2.45, 2.75) is 6.92 Å². The van der Waals surface area contributed by atoms with E-state index in [0.29, 0.717) is 6.61 Å². The van der Waals surface area contributed by atoms with Crippen LogP contribution >= 0.6 is 0 Å². The number of hydrogen-bond donors (Lipinski definition) is 1. The Kier molecular flexibility index (Phi) is 5.62. The first kappa shape index (κ1) is 11.4. The summed E-state index contributed by atoms with van der Waals surface area (Å²) in [6, 6.07) is 1.68. The van der Waals surface area contributed by atoms with Crippen molar-refractivity contribution in [2.24, 2.45) is 0 Å². The van der Waals surface area contributed by atoms with Crippen LogP contribution in [0.4, 0.5) is 0 Å². The van der Waals surface area contributed by atoms with Gasteiger partial charge >= 0.3 is 0 Å². The van der Waals surface area contributed by atoms with Gasteiger partial charge in [-0.2, -0.15) is 5.26 Å². The Bertz CT molecular complexity index is 242. The number of sulfonamides is 1. The molecule has 0 atom stereocenters. The van der Waals surface area contributed by atoms with Crippen LogP contribution in [-0.2, 0) is 14.8 Å². The van der Waals surface area contributed by atoms with Gasteiger partial charge < -0.3 is 4.74 Å². The summed E-state index contributed by atoms with van der Waals surface area (Å²) in [5.41, 5.74) is 0. The molecule has 0 saturated heterocycles. The fourth-order valence-electron chi connectivity index (χ4n) is 0.527. The SMILES string of the molecule is CCOCCS(=O)(=O)NCC#N. The summed E-state index contributed by atoms with van der Waals surface area (Å²) in [7, 11) is -3.31. The molecule has 0 heterocycles. The van der Waals surface area contributed by atoms with E-state index < -0.39 is 10.0 Å². The van der Waals surface area contributed by atoms with E-state index in [1.807, 2.05) is 0 Å². The molecule has 0 bridgehead atoms. The molecule has 0 aliphatic carbocycles. The van der Waals surface area contributed by atoms with Crippen LogP contribution < -0.4 is 4.72 Å². The molecule has 0 aliphatic heterocycles. The van der Waals surface area contributed by atoms with Gasteiger partial charge in [0.1, 0.15) is 0 Å². The van der Waals surface area contributed by atoms with E-state index in [1.54, 1.807) is 13.0 Å². The van der Waals surface area contributed by atoms with Crippen molar-refractivity contribution in [1.82, 2.24) is 4.72 Å². The highest BCUT2D eigenvalue weighted by Crippen LogP contribution is 1.84. The summed E-state index contributed by atoms with van der Waals surface area (Å²) >= 11 is 0. The molecule has 0 aromatic rings. The molecule has 0 aromatic heterocycles. The predicted molar refractivity (Wildman–Crippen MR) is 43.9 cm³/mol. The second kappa shape index (κ2) is 5.94. The summed E-state index contributed by atoms with van der Waals surface area (Å²) in [5, 5.41) is 8.09. The van der Waals surface area contributed by atoms with Gasteiger partial charge in [-0.1, -0.05) is 0 Å². The number of rotatable bonds is 6. The zero-order valence-corrected chi connectivity index (χ0v) is 7.73. The van der Waals surface area contributed by atoms with Gasteiger partial charge in [-0.3, -0.25) is 0 Å². The van der Waals surface area contributed by atoms with Crippen molar-refractivity contribution in [3.8, 4) is 6.07 Å². The van der Waals surface area contributed by atoms with Crippen LogP contribution in [0.1, 0.15) is 6.92 Å². The Morgan fingerprint density at radius 2 is 2.25 bits per heavy atom. The third-order valence-electron chi connectivity index (χ3n) is 1.07. The smallest absolute Gasteiger partial charge is 0.214 e. The van der Waals surface area contributed by atoms with E-state index in [9.17, 15) is 8.42 Å². The van der Waals surface area contributed by atoms with Crippen LogP contribution in [0.25, 0.3) is 0 Å². The summed E-state index contributed by atoms with van der Waals surface area (Å²) < 4.78 is 28.8. The molecule has 0 aromatic carbocycles. The maximum atomic E-state index is 10.9. The molecule has 12 heavy (non-hydrogen) atoms. The molecular formula is C6H12N2O3S. The molecule has 0 amide bonds. The average Bonchev–Trinajstić information content (AvgIpc) is 2.01. The lowest BCUT2D eigenvalue weighted by Gasteiger charge is -2.02. The minimum Gasteiger partial charge on any atom is -0.381 e. The molecule has 0 rings (SSSR count). The van der Waals surface area contributed by atoms with E-state index >= 15 is 0 Å². The van der Waals surface area contributed by atoms with Gasteiger partial charge in [0.15, 0.2) is 0 Å². The topological polar surface area (TPSA) is 79.2 Å². The fourth-order valence-corrected chi connectivity index (χ4v) is 1.29. The standard InChI is InChI=1S/C6H12N2O3S/c1-2-11-5-6-12(9,10)8-4-3-7/h8H,2,4-6H2,1H3. The number of nitrogens with zero attached hydrogens (tertiary/aromatic N) is 1. The Morgan fingerprint density at radius 3 is 2.75 bits per heavy atom. The zero-order valence-electron chi connectivity index (χ0n) is 6.91. The number of nitrogens with one attached hydrogen (secondary N) is 1. The molecule has 0 radical (unpaired) electrons. The molecule has 0 saturated carbocycles. The lowest BCUT2D eigenvalue weighted by molar-refractivity contribution is 0.163. The van der Waals surface area contributed by atoms with Crippen molar-refractivity contribution in [3.05, 3.63) is 0 Å². The summed E-state index contributed by atoms with van der Waals surface area (Å²) in [6.45, 7) is 2.26. The van der Waals surface area contributed by atoms with Gasteiger partial charge in [-0.05, 0) is 6.92 Å². The Balaban J connectivity index is 3.67. The van der Waals surface area contributed by atoms with Crippen LogP contribution in [0, 0.1) is 11.3 Å². The highest BCUT2D eigenvalue weighted by Gasteiger charge is 2.07. The van der Waals surface area contributed by atoms with Gasteiger partial charge in [0.25, 0.3) is 0 Å². The van der Waals surface area contributed by atoms with Crippen LogP contribution in [0.2, 0.25) is 0 Å². The lowest BCUT2D eigenvalue weighted by atomic mass is 10.8. The highest BCUT2D eigenvalue weighted by atomic mass is 32.2.